The molecule has 44 heavy (non-hydrogen) atoms. The molecule has 1 N–H and O–H groups in total. The Balaban J connectivity index is 0.000000211. The summed E-state index contributed by atoms with van der Waals surface area (Å²) < 4.78 is 74.8. The van der Waals surface area contributed by atoms with E-state index in [1.165, 1.54) is 24.3 Å². The Morgan fingerprint density at radius 1 is 0.705 bits per heavy atom. The third-order valence-electron chi connectivity index (χ3n) is 6.35. The van der Waals surface area contributed by atoms with Gasteiger partial charge in [-0.25, -0.2) is 0 Å². The fourth-order valence-corrected chi connectivity index (χ4v) is 4.32. The Hall–Kier alpha value is -3.40. The molecule has 0 radical (unpaired) electrons. The summed E-state index contributed by atoms with van der Waals surface area (Å²) in [5.41, 5.74) is 2.19. The molecule has 0 aliphatic carbocycles. The standard InChI is InChI=1S/C18H16O2.C17H14O3.BBr3/c1-3-15-17(14-6-4-5-7-16(14)20-15)18(19)13-10-8-12(2)9-11-13;1-2-14-16(13-5-3-4-6-15(13)20-14)17(19)11-7-9-12(18)10-8-11;2-1(3)4/h4-11H,3H2,1-2H3;3-10,18H,2H2,1H3;/i4D,5D,6D,7D;3D,4D,5D,6D;. The summed E-state index contributed by atoms with van der Waals surface area (Å²) in [6, 6.07) is 10.1. The van der Waals surface area contributed by atoms with Crippen LogP contribution in [0.2, 0.25) is 0 Å². The first kappa shape index (κ1) is 23.9. The first-order valence-electron chi connectivity index (χ1n) is 17.4. The third-order valence-corrected chi connectivity index (χ3v) is 6.35. The van der Waals surface area contributed by atoms with Crippen LogP contribution in [-0.4, -0.2) is 19.9 Å². The van der Waals surface area contributed by atoms with Crippen molar-refractivity contribution in [3.05, 3.63) is 136 Å². The molecule has 0 unspecified atom stereocenters. The van der Waals surface area contributed by atoms with Crippen molar-refractivity contribution < 1.29 is 34.5 Å². The monoisotopic (exact) mass is 786 g/mol. The fraction of sp³-hybridized carbons (Fsp3) is 0.143. The predicted octanol–water partition coefficient (Wildman–Crippen LogP) is 10.6. The Morgan fingerprint density at radius 3 is 1.45 bits per heavy atom. The Kier molecular flexibility index (Phi) is 8.45. The van der Waals surface area contributed by atoms with Crippen molar-refractivity contribution in [3.63, 3.8) is 0 Å². The van der Waals surface area contributed by atoms with E-state index in [0.29, 0.717) is 35.5 Å². The summed E-state index contributed by atoms with van der Waals surface area (Å²) in [6.45, 7) is 5.53. The average Bonchev–Trinajstić information content (AvgIpc) is 3.71. The number of para-hydroxylation sites is 2. The Morgan fingerprint density at radius 2 is 1.07 bits per heavy atom. The second-order valence-electron chi connectivity index (χ2n) is 9.23. The first-order chi connectivity index (χ1) is 24.5. The number of phenols is 1. The SMILES string of the molecule is BrB(Br)Br.[2H]c1c([2H])c([2H])c2c(C(=O)c3ccc(C)cc3)c(CC)oc2c1[2H].[2H]c1c([2H])c([2H])c2c(C(=O)c3ccc(O)cc3)c(CC)oc2c1[2H]. The van der Waals surface area contributed by atoms with Gasteiger partial charge in [0.15, 0.2) is 11.6 Å². The molecular formula is C35H30BBr3O5. The Labute approximate surface area is 292 Å². The number of aromatic hydroxyl groups is 1. The van der Waals surface area contributed by atoms with Gasteiger partial charge in [-0.15, -0.1) is 47.3 Å². The van der Waals surface area contributed by atoms with E-state index < -0.39 is 17.9 Å². The highest BCUT2D eigenvalue weighted by atomic mass is 79.9. The maximum Gasteiger partial charge on any atom is 0.369 e. The number of rotatable bonds is 6. The lowest BCUT2D eigenvalue weighted by Gasteiger charge is -2.02. The quantitative estimate of drug-likeness (QED) is 0.134. The number of hydrogen-bond acceptors (Lipinski definition) is 5. The molecule has 5 nitrogen and oxygen atoms in total. The lowest BCUT2D eigenvalue weighted by Crippen LogP contribution is -2.03. The van der Waals surface area contributed by atoms with Gasteiger partial charge in [0.05, 0.1) is 22.1 Å². The number of benzene rings is 4. The Bertz CT molecular complexity index is 2150. The number of carbonyl (C=O) groups is 2. The second kappa shape index (κ2) is 15.6. The van der Waals surface area contributed by atoms with E-state index >= 15 is 0 Å². The molecule has 2 aromatic heterocycles. The van der Waals surface area contributed by atoms with Gasteiger partial charge in [-0.1, -0.05) is 79.9 Å². The number of ketones is 2. The van der Waals surface area contributed by atoms with Crippen LogP contribution in [0.15, 0.2) is 106 Å². The van der Waals surface area contributed by atoms with E-state index in [-0.39, 0.29) is 84.0 Å². The summed E-state index contributed by atoms with van der Waals surface area (Å²) in [6.07, 6.45) is 0.786. The van der Waals surface area contributed by atoms with Gasteiger partial charge in [0.2, 0.25) is 0 Å². The lowest BCUT2D eigenvalue weighted by molar-refractivity contribution is 0.103. The fourth-order valence-electron chi connectivity index (χ4n) is 4.32. The van der Waals surface area contributed by atoms with E-state index in [4.69, 9.17) is 19.8 Å². The average molecular weight is 789 g/mol. The van der Waals surface area contributed by atoms with Crippen molar-refractivity contribution in [1.82, 2.24) is 0 Å². The number of fused-ring (bicyclic) bond motifs is 2. The zero-order valence-electron chi connectivity index (χ0n) is 31.8. The maximum absolute atomic E-state index is 13.0. The number of hydrogen-bond donors (Lipinski definition) is 1. The molecule has 4 aromatic carbocycles. The van der Waals surface area contributed by atoms with E-state index in [0.717, 1.165) is 5.56 Å². The van der Waals surface area contributed by atoms with E-state index in [9.17, 15) is 14.7 Å². The van der Waals surface area contributed by atoms with Gasteiger partial charge < -0.3 is 13.9 Å². The molecule has 0 fully saturated rings. The number of aryl methyl sites for hydroxylation is 3. The number of furan rings is 2. The van der Waals surface area contributed by atoms with Crippen LogP contribution in [-0.2, 0) is 12.8 Å². The normalized spacial score (nSPS) is 13.0. The number of halogens is 3. The molecule has 0 aliphatic rings. The molecule has 0 spiro atoms. The van der Waals surface area contributed by atoms with Gasteiger partial charge in [-0.3, -0.25) is 9.59 Å². The highest BCUT2D eigenvalue weighted by Crippen LogP contribution is 2.30. The smallest absolute Gasteiger partial charge is 0.369 e. The van der Waals surface area contributed by atoms with Gasteiger partial charge in [-0.05, 0) is 43.3 Å². The minimum absolute atomic E-state index is 0.0139. The van der Waals surface area contributed by atoms with E-state index in [1.807, 2.05) is 26.0 Å². The molecule has 0 aliphatic heterocycles. The second-order valence-corrected chi connectivity index (χ2v) is 15.7. The van der Waals surface area contributed by atoms with Gasteiger partial charge in [-0.2, -0.15) is 0 Å². The summed E-state index contributed by atoms with van der Waals surface area (Å²) in [5.74, 6) is 0.0187. The summed E-state index contributed by atoms with van der Waals surface area (Å²) in [4.78, 5) is 25.8. The first-order valence-corrected chi connectivity index (χ1v) is 16.1. The van der Waals surface area contributed by atoms with Gasteiger partial charge in [0, 0.05) is 34.7 Å². The highest BCUT2D eigenvalue weighted by molar-refractivity contribution is 9.69. The lowest BCUT2D eigenvalue weighted by atomic mass is 9.99. The van der Waals surface area contributed by atoms with Crippen LogP contribution in [0.1, 0.15) is 73.7 Å². The van der Waals surface area contributed by atoms with Crippen molar-refractivity contribution in [2.45, 2.75) is 33.6 Å². The van der Waals surface area contributed by atoms with Crippen LogP contribution < -0.4 is 0 Å². The highest BCUT2D eigenvalue weighted by Gasteiger charge is 2.21. The predicted molar refractivity (Wildman–Crippen MR) is 190 cm³/mol. The number of carbonyl (C=O) groups excluding carboxylic acids is 2. The zero-order valence-corrected chi connectivity index (χ0v) is 28.6. The molecule has 6 rings (SSSR count). The van der Waals surface area contributed by atoms with Gasteiger partial charge in [0.25, 0.3) is 0 Å². The van der Waals surface area contributed by atoms with Crippen molar-refractivity contribution in [2.24, 2.45) is 0 Å². The van der Waals surface area contributed by atoms with E-state index in [2.05, 4.69) is 47.3 Å². The van der Waals surface area contributed by atoms with Crippen molar-refractivity contribution in [3.8, 4) is 5.75 Å². The van der Waals surface area contributed by atoms with Crippen molar-refractivity contribution in [2.75, 3.05) is 0 Å². The molecule has 9 heteroatoms. The minimum Gasteiger partial charge on any atom is -0.508 e. The van der Waals surface area contributed by atoms with Crippen LogP contribution in [0.5, 0.6) is 5.75 Å². The van der Waals surface area contributed by atoms with Gasteiger partial charge in [0.1, 0.15) is 28.4 Å². The van der Waals surface area contributed by atoms with Crippen LogP contribution in [0.3, 0.4) is 0 Å². The third kappa shape index (κ3) is 8.00. The van der Waals surface area contributed by atoms with Crippen molar-refractivity contribution >= 4 is 84.0 Å². The summed E-state index contributed by atoms with van der Waals surface area (Å²) in [7, 11) is 0. The van der Waals surface area contributed by atoms with Crippen molar-refractivity contribution in [1.29, 1.82) is 0 Å². The van der Waals surface area contributed by atoms with Gasteiger partial charge >= 0.3 is 3.18 Å². The molecule has 0 amide bonds. The topological polar surface area (TPSA) is 80.7 Å². The molecule has 0 atom stereocenters. The largest absolute Gasteiger partial charge is 0.508 e. The summed E-state index contributed by atoms with van der Waals surface area (Å²) >= 11 is 9.31. The molecule has 224 valence electrons. The number of phenolic OH excluding ortho intramolecular Hbond substituents is 1. The molecule has 0 saturated heterocycles. The maximum atomic E-state index is 13.0. The van der Waals surface area contributed by atoms with Crippen LogP contribution in [0, 0.1) is 6.92 Å². The molecular weight excluding hydrogens is 751 g/mol. The van der Waals surface area contributed by atoms with Crippen LogP contribution in [0.25, 0.3) is 21.9 Å². The molecule has 0 bridgehead atoms. The van der Waals surface area contributed by atoms with Crippen LogP contribution >= 0.6 is 47.3 Å². The molecule has 2 heterocycles. The molecule has 0 saturated carbocycles. The van der Waals surface area contributed by atoms with E-state index in [1.54, 1.807) is 19.1 Å². The summed E-state index contributed by atoms with van der Waals surface area (Å²) in [5, 5.41) is 9.61. The van der Waals surface area contributed by atoms with Crippen LogP contribution in [0.4, 0.5) is 0 Å². The zero-order chi connectivity index (χ0) is 38.8. The molecule has 6 aromatic rings. The minimum atomic E-state index is -0.407.